The third kappa shape index (κ3) is 10.2. The van der Waals surface area contributed by atoms with Crippen LogP contribution in [0, 0.1) is 5.82 Å². The van der Waals surface area contributed by atoms with Crippen molar-refractivity contribution in [2.75, 3.05) is 70.6 Å². The largest absolute Gasteiger partial charge is 0.453 e. The maximum Gasteiger partial charge on any atom is 0.409 e. The van der Waals surface area contributed by atoms with Crippen LogP contribution in [-0.2, 0) is 20.6 Å². The molecule has 0 bridgehead atoms. The van der Waals surface area contributed by atoms with Crippen molar-refractivity contribution in [1.82, 2.24) is 29.9 Å². The molecule has 0 atom stereocenters. The van der Waals surface area contributed by atoms with Gasteiger partial charge in [-0.3, -0.25) is 14.6 Å². The lowest BCUT2D eigenvalue weighted by Gasteiger charge is -2.36. The molecule has 0 unspecified atom stereocenters. The fraction of sp³-hybridized carbons (Fsp3) is 0.485. The van der Waals surface area contributed by atoms with Crippen LogP contribution in [0.4, 0.5) is 26.4 Å². The molecular formula is C33H46ClFN8O4Si. The Bertz CT molecular complexity index is 1580. The highest BCUT2D eigenvalue weighted by atomic mass is 35.5. The van der Waals surface area contributed by atoms with Crippen molar-refractivity contribution < 1.29 is 23.1 Å². The molecule has 2 N–H and O–H groups in total. The monoisotopic (exact) mass is 700 g/mol. The number of rotatable bonds is 12. The molecule has 1 aromatic carbocycles. The number of hydrogen-bond donors (Lipinski definition) is 2. The third-order valence-corrected chi connectivity index (χ3v) is 13.5. The number of benzene rings is 1. The molecule has 0 aliphatic carbocycles. The molecule has 260 valence electrons. The molecule has 0 spiro atoms. The van der Waals surface area contributed by atoms with Crippen LogP contribution < -0.4 is 10.6 Å². The van der Waals surface area contributed by atoms with Gasteiger partial charge < -0.3 is 24.7 Å². The van der Waals surface area contributed by atoms with Crippen molar-refractivity contribution in [2.45, 2.75) is 45.5 Å². The normalized spacial score (nSPS) is 14.4. The summed E-state index contributed by atoms with van der Waals surface area (Å²) >= 11 is 6.17. The van der Waals surface area contributed by atoms with Crippen LogP contribution in [0.25, 0.3) is 11.3 Å². The topological polar surface area (TPSA) is 125 Å². The first-order chi connectivity index (χ1) is 22.6. The summed E-state index contributed by atoms with van der Waals surface area (Å²) in [6, 6.07) is 9.51. The molecule has 48 heavy (non-hydrogen) atoms. The predicted molar refractivity (Wildman–Crippen MR) is 188 cm³/mol. The molecule has 1 aliphatic rings. The quantitative estimate of drug-likeness (QED) is 0.222. The Hall–Kier alpha value is -3.69. The Balaban J connectivity index is 1.43. The van der Waals surface area contributed by atoms with Crippen LogP contribution in [0.5, 0.6) is 0 Å². The summed E-state index contributed by atoms with van der Waals surface area (Å²) < 4.78 is 26.0. The van der Waals surface area contributed by atoms with E-state index in [0.717, 1.165) is 32.7 Å². The van der Waals surface area contributed by atoms with Crippen molar-refractivity contribution in [3.8, 4) is 11.3 Å². The Morgan fingerprint density at radius 1 is 1.06 bits per heavy atom. The van der Waals surface area contributed by atoms with Gasteiger partial charge in [-0.05, 0) is 48.5 Å². The van der Waals surface area contributed by atoms with Gasteiger partial charge >= 0.3 is 6.09 Å². The zero-order valence-corrected chi connectivity index (χ0v) is 30.5. The third-order valence-electron chi connectivity index (χ3n) is 8.83. The number of nitrogens with zero attached hydrogens (tertiary/aromatic N) is 6. The van der Waals surface area contributed by atoms with Crippen LogP contribution in [0.15, 0.2) is 42.6 Å². The van der Waals surface area contributed by atoms with Gasteiger partial charge in [-0.1, -0.05) is 32.4 Å². The lowest BCUT2D eigenvalue weighted by molar-refractivity contribution is -0.117. The lowest BCUT2D eigenvalue weighted by atomic mass is 10.1. The molecule has 0 saturated carbocycles. The van der Waals surface area contributed by atoms with Crippen molar-refractivity contribution in [3.05, 3.63) is 59.1 Å². The molecule has 15 heteroatoms. The first-order valence-corrected chi connectivity index (χ1v) is 19.2. The summed E-state index contributed by atoms with van der Waals surface area (Å²) in [6.07, 6.45) is 1.24. The van der Waals surface area contributed by atoms with Gasteiger partial charge in [-0.15, -0.1) is 5.10 Å². The summed E-state index contributed by atoms with van der Waals surface area (Å²) in [6.45, 7) is 15.6. The summed E-state index contributed by atoms with van der Waals surface area (Å²) in [5.74, 6) is -0.255. The van der Waals surface area contributed by atoms with Crippen LogP contribution in [0.3, 0.4) is 0 Å². The fourth-order valence-corrected chi connectivity index (χ4v) is 5.85. The maximum absolute atomic E-state index is 14.8. The van der Waals surface area contributed by atoms with Gasteiger partial charge in [0.15, 0.2) is 8.32 Å². The van der Waals surface area contributed by atoms with Crippen molar-refractivity contribution in [2.24, 2.45) is 0 Å². The number of methoxy groups -OCH3 is 1. The van der Waals surface area contributed by atoms with Gasteiger partial charge in [0.1, 0.15) is 17.3 Å². The Kier molecular flexibility index (Phi) is 12.5. The van der Waals surface area contributed by atoms with E-state index in [1.54, 1.807) is 36.3 Å². The SMILES string of the molecule is COC(=O)N(C)CCN1CCN(CC(=O)Nc2cc(Nc3cc(-c4cc(Cl)ccc4F)nnc3CO[Si](C)(C)C(C)(C)C)ccn2)CC1. The number of likely N-dealkylation sites (N-methyl/N-ethyl adjacent to an activating group) is 1. The minimum Gasteiger partial charge on any atom is -0.453 e. The van der Waals surface area contributed by atoms with E-state index >= 15 is 0 Å². The Morgan fingerprint density at radius 3 is 2.46 bits per heavy atom. The molecule has 4 rings (SSSR count). The molecule has 2 amide bonds. The molecule has 3 heterocycles. The molecule has 0 radical (unpaired) electrons. The summed E-state index contributed by atoms with van der Waals surface area (Å²) in [4.78, 5) is 34.8. The van der Waals surface area contributed by atoms with Gasteiger partial charge in [0.25, 0.3) is 0 Å². The van der Waals surface area contributed by atoms with E-state index in [9.17, 15) is 14.0 Å². The van der Waals surface area contributed by atoms with Gasteiger partial charge in [-0.2, -0.15) is 5.10 Å². The number of nitrogens with one attached hydrogen (secondary N) is 2. The highest BCUT2D eigenvalue weighted by molar-refractivity contribution is 6.74. The number of ether oxygens (including phenoxy) is 1. The summed E-state index contributed by atoms with van der Waals surface area (Å²) in [7, 11) is 0.962. The highest BCUT2D eigenvalue weighted by Gasteiger charge is 2.37. The molecule has 1 aliphatic heterocycles. The average Bonchev–Trinajstić information content (AvgIpc) is 3.04. The zero-order valence-electron chi connectivity index (χ0n) is 28.8. The second kappa shape index (κ2) is 16.1. The maximum atomic E-state index is 14.8. The molecule has 1 saturated heterocycles. The fourth-order valence-electron chi connectivity index (χ4n) is 4.75. The van der Waals surface area contributed by atoms with E-state index in [-0.39, 0.29) is 35.8 Å². The van der Waals surface area contributed by atoms with Crippen molar-refractivity contribution in [3.63, 3.8) is 0 Å². The van der Waals surface area contributed by atoms with Gasteiger partial charge in [0.05, 0.1) is 31.6 Å². The number of carbonyl (C=O) groups is 2. The number of halogens is 2. The molecule has 12 nitrogen and oxygen atoms in total. The minimum absolute atomic E-state index is 0.00752. The van der Waals surface area contributed by atoms with Crippen LogP contribution in [0.1, 0.15) is 26.5 Å². The molecule has 3 aromatic rings. The number of aromatic nitrogens is 3. The van der Waals surface area contributed by atoms with Crippen LogP contribution >= 0.6 is 11.6 Å². The Labute approximate surface area is 288 Å². The number of amides is 2. The first-order valence-electron chi connectivity index (χ1n) is 15.9. The van der Waals surface area contributed by atoms with Gasteiger partial charge in [0.2, 0.25) is 5.91 Å². The number of carbonyl (C=O) groups excluding carboxylic acids is 2. The molecular weight excluding hydrogens is 655 g/mol. The number of pyridine rings is 1. The zero-order chi connectivity index (χ0) is 35.1. The second-order valence-electron chi connectivity index (χ2n) is 13.4. The number of piperazine rings is 1. The lowest BCUT2D eigenvalue weighted by Crippen LogP contribution is -2.50. The van der Waals surface area contributed by atoms with E-state index in [0.29, 0.717) is 40.1 Å². The first kappa shape index (κ1) is 37.1. The summed E-state index contributed by atoms with van der Waals surface area (Å²) in [5.41, 5.74) is 2.32. The smallest absolute Gasteiger partial charge is 0.409 e. The molecule has 1 fully saturated rings. The van der Waals surface area contributed by atoms with Crippen LogP contribution in [0.2, 0.25) is 23.2 Å². The minimum atomic E-state index is -2.12. The standard InChI is InChI=1S/C33H46ClFN8O4Si/c1-33(2,3)48(6,7)47-22-29-28(20-27(39-40-29)25-18-23(34)8-9-26(25)35)37-24-10-11-36-30(19-24)38-31(44)21-43-16-14-42(15-17-43)13-12-41(4)32(45)46-5/h8-11,18-20H,12-17,21-22H2,1-7H3,(H2,36,37,38,39,44). The van der Waals surface area contributed by atoms with E-state index < -0.39 is 14.1 Å². The van der Waals surface area contributed by atoms with Crippen molar-refractivity contribution >= 4 is 49.1 Å². The van der Waals surface area contributed by atoms with Gasteiger partial charge in [-0.25, -0.2) is 14.2 Å². The summed E-state index contributed by atoms with van der Waals surface area (Å²) in [5, 5.41) is 15.4. The Morgan fingerprint density at radius 2 is 1.77 bits per heavy atom. The second-order valence-corrected chi connectivity index (χ2v) is 18.6. The number of anilines is 3. The van der Waals surface area contributed by atoms with E-state index in [4.69, 9.17) is 20.8 Å². The van der Waals surface area contributed by atoms with Crippen LogP contribution in [-0.4, -0.2) is 110 Å². The predicted octanol–water partition coefficient (Wildman–Crippen LogP) is 5.85. The van der Waals surface area contributed by atoms with Gasteiger partial charge in [0, 0.05) is 74.9 Å². The van der Waals surface area contributed by atoms with Crippen molar-refractivity contribution in [1.29, 1.82) is 0 Å². The highest BCUT2D eigenvalue weighted by Crippen LogP contribution is 2.38. The molecule has 2 aromatic heterocycles. The van der Waals surface area contributed by atoms with E-state index in [1.807, 2.05) is 0 Å². The van der Waals surface area contributed by atoms with E-state index in [2.05, 4.69) is 69.5 Å². The number of hydrogen-bond acceptors (Lipinski definition) is 10. The van der Waals surface area contributed by atoms with E-state index in [1.165, 1.54) is 25.3 Å². The average molecular weight is 701 g/mol.